The number of nitrogens with two attached hydrogens (primary N) is 4. The number of aromatic nitrogens is 12. The van der Waals surface area contributed by atoms with E-state index in [1.54, 1.807) is 40.4 Å². The van der Waals surface area contributed by atoms with E-state index in [1.165, 1.54) is 24.3 Å². The molecule has 0 unspecified atom stereocenters. The lowest BCUT2D eigenvalue weighted by molar-refractivity contribution is 0.0941. The topological polar surface area (TPSA) is 344 Å². The molecule has 0 saturated carbocycles. The predicted molar refractivity (Wildman–Crippen MR) is 440 cm³/mol. The minimum Gasteiger partial charge on any atom is -0.369 e. The van der Waals surface area contributed by atoms with Gasteiger partial charge in [-0.05, 0) is 169 Å². The van der Waals surface area contributed by atoms with Gasteiger partial charge in [-0.2, -0.15) is 10.5 Å². The second-order valence-electron chi connectivity index (χ2n) is 30.1. The van der Waals surface area contributed by atoms with E-state index in [2.05, 4.69) is 73.4 Å². The fourth-order valence-electron chi connectivity index (χ4n) is 16.8. The molecule has 20 rings (SSSR count). The molecule has 16 aromatic rings. The van der Waals surface area contributed by atoms with Crippen molar-refractivity contribution in [1.82, 2.24) is 68.1 Å². The van der Waals surface area contributed by atoms with Crippen molar-refractivity contribution in [3.05, 3.63) is 192 Å². The van der Waals surface area contributed by atoms with Crippen LogP contribution in [-0.2, 0) is 0 Å². The molecule has 4 aliphatic rings. The molecule has 12 aromatic heterocycles. The van der Waals surface area contributed by atoms with E-state index in [0.717, 1.165) is 187 Å². The standard InChI is InChI=1S/C23H26N6O.C21H21FN6O.C21H20N6.C20H17FN6/c1-14(2)26-23(30)17-12-16-19(28-11-5-6-15(24)13-28)9-10-25-21(16)29-20-8-4-3-7-18(20)27-22(17)29;1-24-21(29)15-10-14-17(27-8-2-3-13(23)11-27)6-7-25-19(14)28-18-9-12(22)4-5-16(18)26-20(15)28;1-13-9-19(26-8-4-5-15(23)12-26)16-10-14(11-22)20-25-17-6-2-3-7-18(17)27(20)21(16)24-13;21-13-3-4-16-18(9-13)27-19(25-16)12(10-22)8-15-17(5-6-24-20(15)27)26-7-1-2-14(23)11-26/h3-4,7-10,12,14-15H,5-6,11,13,24H2,1-2H3,(H,26,30);4-7,9-10,13H,2-3,8,11,23H2,1H3,(H,24,29);2-3,6-7,9-10,15H,4-5,8,12,23H2,1H3;3-6,8-9,14H,1-2,7,11,23H2/t15-;13-;15-;14-/m1111/s1. The summed E-state index contributed by atoms with van der Waals surface area (Å²) in [4.78, 5) is 72.1. The number of nitrogens with one attached hydrogen (secondary N) is 2. The normalized spacial score (nSPS) is 17.5. The largest absolute Gasteiger partial charge is 0.369 e. The molecule has 26 nitrogen and oxygen atoms in total. The van der Waals surface area contributed by atoms with Crippen LogP contribution in [0.1, 0.15) is 103 Å². The van der Waals surface area contributed by atoms with E-state index in [1.807, 2.05) is 127 Å². The highest BCUT2D eigenvalue weighted by atomic mass is 19.1. The number of rotatable bonds is 7. The summed E-state index contributed by atoms with van der Waals surface area (Å²) in [6.07, 6.45) is 13.6. The number of amides is 2. The van der Waals surface area contributed by atoms with Crippen LogP contribution in [0.25, 0.3) is 111 Å². The second-order valence-corrected chi connectivity index (χ2v) is 30.1. The summed E-state index contributed by atoms with van der Waals surface area (Å²) in [5.41, 5.74) is 43.1. The zero-order valence-electron chi connectivity index (χ0n) is 63.1. The number of hydrogen-bond acceptors (Lipinski definition) is 20. The Morgan fingerprint density at radius 3 is 1.21 bits per heavy atom. The molecule has 0 aliphatic carbocycles. The third kappa shape index (κ3) is 13.5. The Labute approximate surface area is 647 Å². The number of fused-ring (bicyclic) bond motifs is 20. The van der Waals surface area contributed by atoms with Gasteiger partial charge in [0.25, 0.3) is 11.8 Å². The molecule has 4 atom stereocenters. The van der Waals surface area contributed by atoms with Crippen molar-refractivity contribution in [2.24, 2.45) is 22.9 Å². The summed E-state index contributed by atoms with van der Waals surface area (Å²) in [5.74, 6) is -1.09. The average Bonchev–Trinajstić information content (AvgIpc) is 1.62. The van der Waals surface area contributed by atoms with Crippen LogP contribution < -0.4 is 53.2 Å². The van der Waals surface area contributed by atoms with Crippen LogP contribution in [0.4, 0.5) is 31.5 Å². The van der Waals surface area contributed by atoms with Crippen molar-refractivity contribution in [2.75, 3.05) is 79.0 Å². The number of piperidine rings is 4. The number of anilines is 4. The molecular weight excluding hydrogens is 1430 g/mol. The van der Waals surface area contributed by atoms with E-state index >= 15 is 0 Å². The minimum absolute atomic E-state index is 0.0334. The molecule has 16 heterocycles. The van der Waals surface area contributed by atoms with Gasteiger partial charge in [0.15, 0.2) is 22.6 Å². The van der Waals surface area contributed by atoms with Crippen LogP contribution in [0.15, 0.2) is 152 Å². The second kappa shape index (κ2) is 30.1. The summed E-state index contributed by atoms with van der Waals surface area (Å²) in [7, 11) is 1.58. The Bertz CT molecular complexity index is 6550. The van der Waals surface area contributed by atoms with Crippen molar-refractivity contribution < 1.29 is 18.4 Å². The van der Waals surface area contributed by atoms with Gasteiger partial charge in [0.05, 0.1) is 66.4 Å². The maximum Gasteiger partial charge on any atom is 0.255 e. The van der Waals surface area contributed by atoms with Crippen molar-refractivity contribution in [1.29, 1.82) is 10.5 Å². The smallest absolute Gasteiger partial charge is 0.255 e. The lowest BCUT2D eigenvalue weighted by Crippen LogP contribution is -2.43. The predicted octanol–water partition coefficient (Wildman–Crippen LogP) is 11.7. The zero-order valence-corrected chi connectivity index (χ0v) is 63.1. The number of carbonyl (C=O) groups is 2. The van der Waals surface area contributed by atoms with Crippen molar-refractivity contribution >= 4 is 145 Å². The summed E-state index contributed by atoms with van der Waals surface area (Å²) in [6.45, 7) is 12.8. The van der Waals surface area contributed by atoms with Crippen LogP contribution in [0.2, 0.25) is 0 Å². The quantitative estimate of drug-likeness (QED) is 0.0863. The van der Waals surface area contributed by atoms with E-state index in [9.17, 15) is 28.9 Å². The van der Waals surface area contributed by atoms with Crippen LogP contribution >= 0.6 is 0 Å². The maximum atomic E-state index is 14.0. The van der Waals surface area contributed by atoms with E-state index < -0.39 is 0 Å². The number of halogens is 2. The monoisotopic (exact) mass is 1510 g/mol. The number of carbonyl (C=O) groups excluding carboxylic acids is 2. The molecule has 28 heteroatoms. The molecule has 4 aliphatic heterocycles. The highest BCUT2D eigenvalue weighted by Gasteiger charge is 2.29. The number of hydrogen-bond donors (Lipinski definition) is 6. The first kappa shape index (κ1) is 73.0. The molecule has 0 radical (unpaired) electrons. The van der Waals surface area contributed by atoms with Gasteiger partial charge in [-0.15, -0.1) is 0 Å². The third-order valence-corrected chi connectivity index (χ3v) is 21.9. The van der Waals surface area contributed by atoms with Gasteiger partial charge in [0.1, 0.15) is 46.4 Å². The molecule has 113 heavy (non-hydrogen) atoms. The van der Waals surface area contributed by atoms with Crippen LogP contribution in [0.3, 0.4) is 0 Å². The van der Waals surface area contributed by atoms with Crippen LogP contribution in [-0.4, -0.2) is 159 Å². The Kier molecular flexibility index (Phi) is 19.4. The highest BCUT2D eigenvalue weighted by Crippen LogP contribution is 2.39. The Morgan fingerprint density at radius 1 is 0.434 bits per heavy atom. The SMILES string of the molecule is CC(C)NC(=O)c1cc2c(N3CCC[C@@H](N)C3)ccnc2n2c1nc1ccccc12.CNC(=O)c1cc2c(N3CCC[C@@H](N)C3)ccnc2n2c1nc1ccc(F)cc12.Cc1cc(N2CCC[C@@H](N)C2)c2cc(C#N)c3nc4ccccc4n3c2n1.N#Cc1cc2c(N3CCC[C@@H](N)C3)ccnc2n2c1nc1ccc(F)cc12. The van der Waals surface area contributed by atoms with E-state index in [0.29, 0.717) is 78.2 Å². The van der Waals surface area contributed by atoms with Crippen molar-refractivity contribution in [3.63, 3.8) is 0 Å². The number of benzene rings is 4. The lowest BCUT2D eigenvalue weighted by Gasteiger charge is -2.33. The molecular formula is C85H84F2N24O2. The number of para-hydroxylation sites is 4. The number of imidazole rings is 4. The Morgan fingerprint density at radius 2 is 0.796 bits per heavy atom. The summed E-state index contributed by atoms with van der Waals surface area (Å²) >= 11 is 0. The number of pyridine rings is 8. The first-order chi connectivity index (χ1) is 54.9. The average molecular weight is 1510 g/mol. The van der Waals surface area contributed by atoms with Gasteiger partial charge in [-0.25, -0.2) is 48.7 Å². The molecule has 0 bridgehead atoms. The minimum atomic E-state index is -0.365. The first-order valence-electron chi connectivity index (χ1n) is 38.4. The molecule has 570 valence electrons. The fourth-order valence-corrected chi connectivity index (χ4v) is 16.8. The Balaban J connectivity index is 0.000000109. The molecule has 0 spiro atoms. The summed E-state index contributed by atoms with van der Waals surface area (Å²) in [6, 6.07) is 45.4. The molecule has 4 saturated heterocycles. The fraction of sp³-hybridized carbons (Fsp3) is 0.294. The van der Waals surface area contributed by atoms with Gasteiger partial charge < -0.3 is 53.2 Å². The third-order valence-electron chi connectivity index (χ3n) is 21.9. The maximum absolute atomic E-state index is 14.0. The molecule has 10 N–H and O–H groups in total. The van der Waals surface area contributed by atoms with Crippen molar-refractivity contribution in [3.8, 4) is 12.1 Å². The molecule has 4 fully saturated rings. The molecule has 4 aromatic carbocycles. The molecule has 2 amide bonds. The van der Waals surface area contributed by atoms with Gasteiger partial charge in [0.2, 0.25) is 0 Å². The lowest BCUT2D eigenvalue weighted by atomic mass is 10.0. The van der Waals surface area contributed by atoms with Gasteiger partial charge in [0, 0.05) is 170 Å². The van der Waals surface area contributed by atoms with Crippen LogP contribution in [0, 0.1) is 41.2 Å². The van der Waals surface area contributed by atoms with E-state index in [-0.39, 0.29) is 53.7 Å². The highest BCUT2D eigenvalue weighted by molar-refractivity contribution is 6.09. The Hall–Kier alpha value is -12.9. The van der Waals surface area contributed by atoms with Gasteiger partial charge in [-0.3, -0.25) is 27.2 Å². The van der Waals surface area contributed by atoms with Crippen LogP contribution in [0.5, 0.6) is 0 Å². The zero-order chi connectivity index (χ0) is 78.0. The number of nitriles is 2. The first-order valence-corrected chi connectivity index (χ1v) is 38.4. The van der Waals surface area contributed by atoms with Gasteiger partial charge in [-0.1, -0.05) is 24.3 Å². The summed E-state index contributed by atoms with van der Waals surface area (Å²) in [5, 5.41) is 28.7. The summed E-state index contributed by atoms with van der Waals surface area (Å²) < 4.78 is 35.5. The van der Waals surface area contributed by atoms with E-state index in [4.69, 9.17) is 37.9 Å². The van der Waals surface area contributed by atoms with Gasteiger partial charge >= 0.3 is 0 Å². The number of aryl methyl sites for hydroxylation is 1. The number of nitrogens with zero attached hydrogens (tertiary/aromatic N) is 18. The van der Waals surface area contributed by atoms with Crippen molar-refractivity contribution in [2.45, 2.75) is 102 Å².